The number of halogens is 13. The van der Waals surface area contributed by atoms with Gasteiger partial charge in [0.25, 0.3) is 0 Å². The maximum absolute atomic E-state index is 12.7. The molecule has 0 rings (SSSR count). The van der Waals surface area contributed by atoms with Gasteiger partial charge in [-0.3, -0.25) is 0 Å². The molecule has 0 aliphatic rings. The first-order valence-corrected chi connectivity index (χ1v) is 4.63. The Labute approximate surface area is 116 Å². The summed E-state index contributed by atoms with van der Waals surface area (Å²) in [5.41, 5.74) is 0. The minimum Gasteiger partial charge on any atom is -0.476 e. The van der Waals surface area contributed by atoms with Gasteiger partial charge in [0.05, 0.1) is 0 Å². The van der Waals surface area contributed by atoms with E-state index in [0.717, 1.165) is 0 Å². The summed E-state index contributed by atoms with van der Waals surface area (Å²) >= 11 is 0. The molecule has 0 aromatic carbocycles. The van der Waals surface area contributed by atoms with E-state index >= 15 is 0 Å². The van der Waals surface area contributed by atoms with Crippen LogP contribution in [-0.2, 0) is 4.79 Å². The predicted molar refractivity (Wildman–Crippen MR) is 42.7 cm³/mol. The molecular formula is C8HF13O2. The highest BCUT2D eigenvalue weighted by Crippen LogP contribution is 2.56. The van der Waals surface area contributed by atoms with E-state index < -0.39 is 47.5 Å². The monoisotopic (exact) mass is 376 g/mol. The molecule has 0 unspecified atom stereocenters. The van der Waals surface area contributed by atoms with E-state index in [-0.39, 0.29) is 0 Å². The van der Waals surface area contributed by atoms with Gasteiger partial charge in [-0.25, -0.2) is 13.6 Å². The molecule has 0 heterocycles. The molecule has 1 N–H and O–H groups in total. The van der Waals surface area contributed by atoms with Crippen LogP contribution in [0, 0.1) is 0 Å². The SMILES string of the molecule is O=C(O)C(F)(F)C(F)=C(F)C(F)(F)C(F)(F)C(F)(F)C(F)(F)F. The number of carboxylic acids is 1. The van der Waals surface area contributed by atoms with Crippen molar-refractivity contribution in [2.24, 2.45) is 0 Å². The summed E-state index contributed by atoms with van der Waals surface area (Å²) in [6.45, 7) is 0. The summed E-state index contributed by atoms with van der Waals surface area (Å²) in [5.74, 6) is -42.1. The predicted octanol–water partition coefficient (Wildman–Crippen LogP) is 4.33. The van der Waals surface area contributed by atoms with Crippen molar-refractivity contribution in [3.8, 4) is 0 Å². The Morgan fingerprint density at radius 2 is 1.00 bits per heavy atom. The number of hydrogen-bond acceptors (Lipinski definition) is 1. The molecule has 0 bridgehead atoms. The van der Waals surface area contributed by atoms with Crippen LogP contribution < -0.4 is 0 Å². The van der Waals surface area contributed by atoms with Gasteiger partial charge in [-0.2, -0.15) is 48.3 Å². The van der Waals surface area contributed by atoms with Crippen molar-refractivity contribution in [1.82, 2.24) is 0 Å². The topological polar surface area (TPSA) is 37.3 Å². The lowest BCUT2D eigenvalue weighted by molar-refractivity contribution is -0.392. The van der Waals surface area contributed by atoms with Crippen LogP contribution in [0.3, 0.4) is 0 Å². The van der Waals surface area contributed by atoms with E-state index in [4.69, 9.17) is 5.11 Å². The molecule has 0 spiro atoms. The maximum Gasteiger partial charge on any atom is 0.460 e. The maximum atomic E-state index is 12.7. The Morgan fingerprint density at radius 3 is 1.26 bits per heavy atom. The van der Waals surface area contributed by atoms with Gasteiger partial charge in [-0.1, -0.05) is 0 Å². The number of hydrogen-bond donors (Lipinski definition) is 1. The zero-order valence-electron chi connectivity index (χ0n) is 9.77. The molecule has 2 nitrogen and oxygen atoms in total. The van der Waals surface area contributed by atoms with Crippen LogP contribution >= 0.6 is 0 Å². The molecule has 0 amide bonds. The highest BCUT2D eigenvalue weighted by Gasteiger charge is 2.83. The molecular weight excluding hydrogens is 375 g/mol. The molecule has 136 valence electrons. The molecule has 0 atom stereocenters. The molecule has 0 aliphatic heterocycles. The zero-order chi connectivity index (χ0) is 19.2. The summed E-state index contributed by atoms with van der Waals surface area (Å²) in [5, 5.41) is 7.67. The van der Waals surface area contributed by atoms with Gasteiger partial charge in [-0.15, -0.1) is 0 Å². The Balaban J connectivity index is 6.33. The second-order valence-electron chi connectivity index (χ2n) is 3.73. The number of allylic oxidation sites excluding steroid dienone is 1. The largest absolute Gasteiger partial charge is 0.476 e. The normalized spacial score (nSPS) is 16.2. The third-order valence-corrected chi connectivity index (χ3v) is 2.16. The Bertz CT molecular complexity index is 515. The summed E-state index contributed by atoms with van der Waals surface area (Å²) in [6.07, 6.45) is -7.40. The Hall–Kier alpha value is -1.70. The van der Waals surface area contributed by atoms with Crippen molar-refractivity contribution in [3.63, 3.8) is 0 Å². The molecule has 0 aromatic heterocycles. The van der Waals surface area contributed by atoms with E-state index in [1.54, 1.807) is 0 Å². The smallest absolute Gasteiger partial charge is 0.460 e. The molecule has 0 saturated heterocycles. The van der Waals surface area contributed by atoms with E-state index in [1.807, 2.05) is 0 Å². The summed E-state index contributed by atoms with van der Waals surface area (Å²) in [7, 11) is 0. The van der Waals surface area contributed by atoms with Crippen LogP contribution in [0.5, 0.6) is 0 Å². The van der Waals surface area contributed by atoms with Gasteiger partial charge in [0.1, 0.15) is 0 Å². The summed E-state index contributed by atoms with van der Waals surface area (Å²) in [4.78, 5) is 9.75. The standard InChI is InChI=1S/C8HF13O2/c9-1(4(11,12)3(22)23)2(10)5(13,14)6(15,16)7(17,18)8(19,20)21/h(H,22,23). The highest BCUT2D eigenvalue weighted by atomic mass is 19.4. The Kier molecular flexibility index (Phi) is 5.03. The van der Waals surface area contributed by atoms with Crippen molar-refractivity contribution >= 4 is 5.97 Å². The third-order valence-electron chi connectivity index (χ3n) is 2.16. The van der Waals surface area contributed by atoms with Gasteiger partial charge < -0.3 is 5.11 Å². The van der Waals surface area contributed by atoms with Crippen LogP contribution in [0.2, 0.25) is 0 Å². The minimum absolute atomic E-state index is 3.70. The van der Waals surface area contributed by atoms with Gasteiger partial charge in [0.2, 0.25) is 11.7 Å². The number of carboxylic acid groups (broad SMARTS) is 1. The quantitative estimate of drug-likeness (QED) is 0.726. The van der Waals surface area contributed by atoms with Crippen molar-refractivity contribution in [1.29, 1.82) is 0 Å². The zero-order valence-corrected chi connectivity index (χ0v) is 9.77. The van der Waals surface area contributed by atoms with Gasteiger partial charge in [0.15, 0.2) is 0 Å². The minimum atomic E-state index is -7.76. The van der Waals surface area contributed by atoms with Crippen molar-refractivity contribution in [2.75, 3.05) is 0 Å². The van der Waals surface area contributed by atoms with E-state index in [9.17, 15) is 61.9 Å². The third kappa shape index (κ3) is 3.04. The fourth-order valence-corrected chi connectivity index (χ4v) is 0.883. The van der Waals surface area contributed by atoms with E-state index in [0.29, 0.717) is 0 Å². The first-order chi connectivity index (χ1) is 9.76. The summed E-state index contributed by atoms with van der Waals surface area (Å²) in [6, 6.07) is 0. The number of rotatable bonds is 5. The molecule has 0 fully saturated rings. The Morgan fingerprint density at radius 1 is 0.652 bits per heavy atom. The van der Waals surface area contributed by atoms with Crippen molar-refractivity contribution in [3.05, 3.63) is 11.7 Å². The second kappa shape index (κ2) is 5.43. The first-order valence-electron chi connectivity index (χ1n) is 4.63. The van der Waals surface area contributed by atoms with Gasteiger partial charge >= 0.3 is 35.8 Å². The molecule has 0 saturated carbocycles. The average molecular weight is 376 g/mol. The molecule has 0 aliphatic carbocycles. The van der Waals surface area contributed by atoms with Crippen LogP contribution in [0.4, 0.5) is 57.1 Å². The van der Waals surface area contributed by atoms with Crippen LogP contribution in [0.1, 0.15) is 0 Å². The molecule has 0 aromatic rings. The van der Waals surface area contributed by atoms with Crippen molar-refractivity contribution < 1.29 is 67.0 Å². The van der Waals surface area contributed by atoms with Gasteiger partial charge in [0, 0.05) is 0 Å². The fraction of sp³-hybridized carbons (Fsp3) is 0.625. The fourth-order valence-electron chi connectivity index (χ4n) is 0.883. The number of carbonyl (C=O) groups is 1. The van der Waals surface area contributed by atoms with Crippen LogP contribution in [0.15, 0.2) is 11.7 Å². The lowest BCUT2D eigenvalue weighted by Gasteiger charge is -2.33. The highest BCUT2D eigenvalue weighted by molar-refractivity contribution is 5.79. The van der Waals surface area contributed by atoms with Gasteiger partial charge in [-0.05, 0) is 0 Å². The lowest BCUT2D eigenvalue weighted by atomic mass is 10.0. The van der Waals surface area contributed by atoms with E-state index in [1.165, 1.54) is 0 Å². The summed E-state index contributed by atoms with van der Waals surface area (Å²) < 4.78 is 160. The lowest BCUT2D eigenvalue weighted by Crippen LogP contribution is -2.61. The molecule has 15 heteroatoms. The number of alkyl halides is 11. The first kappa shape index (κ1) is 21.3. The van der Waals surface area contributed by atoms with E-state index in [2.05, 4.69) is 0 Å². The van der Waals surface area contributed by atoms with Crippen LogP contribution in [-0.4, -0.2) is 40.9 Å². The average Bonchev–Trinajstić information content (AvgIpc) is 2.34. The van der Waals surface area contributed by atoms with Crippen molar-refractivity contribution in [2.45, 2.75) is 29.9 Å². The molecule has 0 radical (unpaired) electrons. The van der Waals surface area contributed by atoms with Crippen LogP contribution in [0.25, 0.3) is 0 Å². The molecule has 23 heavy (non-hydrogen) atoms. The second-order valence-corrected chi connectivity index (χ2v) is 3.73. The number of aliphatic carboxylic acids is 1.